The number of hydrogen-bond donors (Lipinski definition) is 1. The maximum absolute atomic E-state index is 12.2. The number of piperazine rings is 1. The van der Waals surface area contributed by atoms with E-state index in [9.17, 15) is 13.2 Å². The van der Waals surface area contributed by atoms with Gasteiger partial charge in [0.2, 0.25) is 5.91 Å². The van der Waals surface area contributed by atoms with Gasteiger partial charge >= 0.3 is 0 Å². The standard InChI is InChI=1S/C18H26N6O3S2/c1-13-17(14(2)24(21-13)15-3-10-29(26,27)12-15)23-7-5-22(6-8-23)11-16(25)20-18-19-4-9-28-18/h4,9,15H,3,5-8,10-12H2,1-2H3,(H,19,20,25)/t15-/m1/s1. The molecule has 2 aromatic heterocycles. The van der Waals surface area contributed by atoms with Crippen LogP contribution in [0.25, 0.3) is 0 Å². The van der Waals surface area contributed by atoms with E-state index in [1.807, 2.05) is 23.9 Å². The van der Waals surface area contributed by atoms with Crippen LogP contribution in [0.2, 0.25) is 0 Å². The van der Waals surface area contributed by atoms with Gasteiger partial charge in [-0.1, -0.05) is 0 Å². The summed E-state index contributed by atoms with van der Waals surface area (Å²) >= 11 is 1.41. The van der Waals surface area contributed by atoms with E-state index in [0.29, 0.717) is 18.1 Å². The monoisotopic (exact) mass is 438 g/mol. The first-order valence-electron chi connectivity index (χ1n) is 9.75. The molecule has 1 amide bonds. The van der Waals surface area contributed by atoms with Gasteiger partial charge in [-0.15, -0.1) is 11.3 Å². The van der Waals surface area contributed by atoms with Crippen LogP contribution in [0.5, 0.6) is 0 Å². The van der Waals surface area contributed by atoms with Crippen LogP contribution >= 0.6 is 11.3 Å². The number of thiazole rings is 1. The summed E-state index contributed by atoms with van der Waals surface area (Å²) in [6.07, 6.45) is 2.30. The zero-order valence-corrected chi connectivity index (χ0v) is 18.3. The van der Waals surface area contributed by atoms with Crippen molar-refractivity contribution in [3.05, 3.63) is 23.0 Å². The summed E-state index contributed by atoms with van der Waals surface area (Å²) < 4.78 is 25.6. The normalized spacial score (nSPS) is 22.1. The van der Waals surface area contributed by atoms with Crippen molar-refractivity contribution in [3.63, 3.8) is 0 Å². The molecule has 2 aromatic rings. The lowest BCUT2D eigenvalue weighted by Crippen LogP contribution is -2.49. The molecule has 2 saturated heterocycles. The number of amides is 1. The Morgan fingerprint density at radius 2 is 2.03 bits per heavy atom. The molecule has 11 heteroatoms. The van der Waals surface area contributed by atoms with Crippen LogP contribution in [0, 0.1) is 13.8 Å². The van der Waals surface area contributed by atoms with E-state index in [0.717, 1.165) is 43.3 Å². The van der Waals surface area contributed by atoms with E-state index in [4.69, 9.17) is 0 Å². The predicted octanol–water partition coefficient (Wildman–Crippen LogP) is 1.08. The van der Waals surface area contributed by atoms with Crippen molar-refractivity contribution >= 4 is 37.9 Å². The van der Waals surface area contributed by atoms with Gasteiger partial charge in [-0.05, 0) is 20.3 Å². The average molecular weight is 439 g/mol. The fourth-order valence-electron chi connectivity index (χ4n) is 4.21. The van der Waals surface area contributed by atoms with Crippen molar-refractivity contribution in [2.24, 2.45) is 0 Å². The third kappa shape index (κ3) is 4.46. The molecule has 4 heterocycles. The third-order valence-electron chi connectivity index (χ3n) is 5.58. The lowest BCUT2D eigenvalue weighted by Gasteiger charge is -2.35. The van der Waals surface area contributed by atoms with Crippen LogP contribution in [-0.4, -0.2) is 78.2 Å². The Morgan fingerprint density at radius 3 is 2.66 bits per heavy atom. The highest BCUT2D eigenvalue weighted by Gasteiger charge is 2.32. The largest absolute Gasteiger partial charge is 0.366 e. The van der Waals surface area contributed by atoms with E-state index in [1.165, 1.54) is 11.3 Å². The van der Waals surface area contributed by atoms with Gasteiger partial charge in [-0.25, -0.2) is 13.4 Å². The van der Waals surface area contributed by atoms with Gasteiger partial charge in [0.1, 0.15) is 0 Å². The van der Waals surface area contributed by atoms with Crippen molar-refractivity contribution in [3.8, 4) is 0 Å². The molecule has 2 aliphatic heterocycles. The molecule has 0 aliphatic carbocycles. The highest BCUT2D eigenvalue weighted by molar-refractivity contribution is 7.91. The molecular weight excluding hydrogens is 412 g/mol. The van der Waals surface area contributed by atoms with Crippen molar-refractivity contribution in [1.29, 1.82) is 0 Å². The van der Waals surface area contributed by atoms with E-state index in [-0.39, 0.29) is 23.5 Å². The molecule has 29 heavy (non-hydrogen) atoms. The van der Waals surface area contributed by atoms with Gasteiger partial charge in [0.25, 0.3) is 0 Å². The SMILES string of the molecule is Cc1nn([C@@H]2CCS(=O)(=O)C2)c(C)c1N1CCN(CC(=O)Nc2nccs2)CC1. The first-order valence-corrected chi connectivity index (χ1v) is 12.5. The van der Waals surface area contributed by atoms with Crippen molar-refractivity contribution in [2.75, 3.05) is 54.4 Å². The molecule has 1 N–H and O–H groups in total. The topological polar surface area (TPSA) is 100 Å². The summed E-state index contributed by atoms with van der Waals surface area (Å²) in [7, 11) is -2.95. The zero-order chi connectivity index (χ0) is 20.6. The minimum Gasteiger partial charge on any atom is -0.366 e. The van der Waals surface area contributed by atoms with Gasteiger partial charge < -0.3 is 10.2 Å². The predicted molar refractivity (Wildman–Crippen MR) is 113 cm³/mol. The number of anilines is 2. The first-order chi connectivity index (χ1) is 13.8. The van der Waals surface area contributed by atoms with E-state index in [1.54, 1.807) is 6.20 Å². The highest BCUT2D eigenvalue weighted by atomic mass is 32.2. The minimum atomic E-state index is -2.95. The second kappa shape index (κ2) is 8.04. The van der Waals surface area contributed by atoms with Crippen LogP contribution in [0.3, 0.4) is 0 Å². The summed E-state index contributed by atoms with van der Waals surface area (Å²) in [6, 6.07) is -0.0664. The van der Waals surface area contributed by atoms with Crippen LogP contribution in [0.4, 0.5) is 10.8 Å². The van der Waals surface area contributed by atoms with Gasteiger partial charge in [-0.2, -0.15) is 5.10 Å². The molecule has 1 atom stereocenters. The third-order valence-corrected chi connectivity index (χ3v) is 8.01. The van der Waals surface area contributed by atoms with E-state index >= 15 is 0 Å². The number of rotatable bonds is 5. The molecular formula is C18H26N6O3S2. The first kappa shape index (κ1) is 20.3. The molecule has 9 nitrogen and oxygen atoms in total. The number of hydrogen-bond acceptors (Lipinski definition) is 8. The Kier molecular flexibility index (Phi) is 5.63. The minimum absolute atomic E-state index is 0.0453. The summed E-state index contributed by atoms with van der Waals surface area (Å²) in [4.78, 5) is 20.7. The maximum Gasteiger partial charge on any atom is 0.240 e. The Labute approximate surface area is 174 Å². The van der Waals surface area contributed by atoms with E-state index < -0.39 is 9.84 Å². The maximum atomic E-state index is 12.2. The smallest absolute Gasteiger partial charge is 0.240 e. The van der Waals surface area contributed by atoms with Crippen LogP contribution in [-0.2, 0) is 14.6 Å². The molecule has 0 bridgehead atoms. The molecule has 2 aliphatic rings. The summed E-state index contributed by atoms with van der Waals surface area (Å²) in [5, 5.41) is 9.95. The Morgan fingerprint density at radius 1 is 1.28 bits per heavy atom. The summed E-state index contributed by atoms with van der Waals surface area (Å²) in [5.74, 6) is 0.375. The fourth-order valence-corrected chi connectivity index (χ4v) is 6.45. The van der Waals surface area contributed by atoms with Crippen molar-refractivity contribution in [1.82, 2.24) is 19.7 Å². The molecule has 0 radical (unpaired) electrons. The quantitative estimate of drug-likeness (QED) is 0.745. The van der Waals surface area contributed by atoms with Crippen LogP contribution < -0.4 is 10.2 Å². The number of sulfone groups is 1. The Hall–Kier alpha value is -1.98. The molecule has 0 spiro atoms. The number of nitrogens with one attached hydrogen (secondary N) is 1. The van der Waals surface area contributed by atoms with Gasteiger partial charge in [0.05, 0.1) is 41.2 Å². The molecule has 4 rings (SSSR count). The highest BCUT2D eigenvalue weighted by Crippen LogP contribution is 2.31. The molecule has 0 aromatic carbocycles. The summed E-state index contributed by atoms with van der Waals surface area (Å²) in [5.41, 5.74) is 3.06. The molecule has 0 unspecified atom stereocenters. The number of carbonyl (C=O) groups is 1. The fraction of sp³-hybridized carbons (Fsp3) is 0.611. The van der Waals surface area contributed by atoms with Crippen LogP contribution in [0.1, 0.15) is 23.9 Å². The second-order valence-electron chi connectivity index (χ2n) is 7.67. The van der Waals surface area contributed by atoms with Gasteiger partial charge in [0, 0.05) is 37.8 Å². The molecule has 0 saturated carbocycles. The van der Waals surface area contributed by atoms with Gasteiger partial charge in [0.15, 0.2) is 15.0 Å². The Balaban J connectivity index is 1.37. The summed E-state index contributed by atoms with van der Waals surface area (Å²) in [6.45, 7) is 7.54. The number of nitrogens with zero attached hydrogens (tertiary/aromatic N) is 5. The van der Waals surface area contributed by atoms with Crippen molar-refractivity contribution < 1.29 is 13.2 Å². The lowest BCUT2D eigenvalue weighted by atomic mass is 10.2. The van der Waals surface area contributed by atoms with Gasteiger partial charge in [-0.3, -0.25) is 14.4 Å². The second-order valence-corrected chi connectivity index (χ2v) is 10.8. The van der Waals surface area contributed by atoms with Crippen LogP contribution in [0.15, 0.2) is 11.6 Å². The van der Waals surface area contributed by atoms with Crippen molar-refractivity contribution in [2.45, 2.75) is 26.3 Å². The average Bonchev–Trinajstić information content (AvgIpc) is 3.36. The molecule has 2 fully saturated rings. The van der Waals surface area contributed by atoms with E-state index in [2.05, 4.69) is 25.2 Å². The number of aryl methyl sites for hydroxylation is 1. The Bertz CT molecular complexity index is 978. The molecule has 158 valence electrons. The number of carbonyl (C=O) groups excluding carboxylic acids is 1. The number of aromatic nitrogens is 3. The zero-order valence-electron chi connectivity index (χ0n) is 16.7. The lowest BCUT2D eigenvalue weighted by molar-refractivity contribution is -0.117.